The lowest BCUT2D eigenvalue weighted by molar-refractivity contribution is -0.152. The molecule has 1 rings (SSSR count). The zero-order chi connectivity index (χ0) is 71.6. The van der Waals surface area contributed by atoms with Gasteiger partial charge >= 0.3 is 0 Å². The van der Waals surface area contributed by atoms with Crippen LogP contribution in [-0.2, 0) is 41.4 Å². The summed E-state index contributed by atoms with van der Waals surface area (Å²) in [5.41, 5.74) is 5.08. The number of hydrogen-bond acceptors (Lipinski definition) is 10. The molecule has 1 saturated carbocycles. The highest BCUT2D eigenvalue weighted by molar-refractivity contribution is 6.78. The summed E-state index contributed by atoms with van der Waals surface area (Å²) in [6.07, 6.45) is 26.3. The molecule has 0 aromatic heterocycles. The van der Waals surface area contributed by atoms with Crippen LogP contribution in [0.3, 0.4) is 0 Å². The van der Waals surface area contributed by atoms with Gasteiger partial charge in [0.1, 0.15) is 0 Å². The number of rotatable bonds is 56. The predicted octanol–water partition coefficient (Wildman–Crippen LogP) is 23.9. The molecule has 0 unspecified atom stereocenters. The molecule has 0 aliphatic heterocycles. The molecular weight excluding hydrogens is 1230 g/mol. The normalized spacial score (nSPS) is 20.2. The van der Waals surface area contributed by atoms with E-state index in [0.29, 0.717) is 33.2 Å². The Morgan fingerprint density at radius 2 is 0.926 bits per heavy atom. The highest BCUT2D eigenvalue weighted by Gasteiger charge is 2.51. The van der Waals surface area contributed by atoms with Crippen molar-refractivity contribution in [2.75, 3.05) is 35.5 Å². The van der Waals surface area contributed by atoms with Gasteiger partial charge in [-0.25, -0.2) is 0 Å². The van der Waals surface area contributed by atoms with Crippen LogP contribution in [0.4, 0.5) is 0 Å². The molecule has 0 aromatic carbocycles. The van der Waals surface area contributed by atoms with Gasteiger partial charge in [-0.3, -0.25) is 0 Å². The van der Waals surface area contributed by atoms with Gasteiger partial charge in [-0.15, -0.1) is 6.58 Å². The molecule has 0 amide bonds. The van der Waals surface area contributed by atoms with Gasteiger partial charge in [0.25, 0.3) is 0 Å². The molecular formula is C80H162O10Si4. The van der Waals surface area contributed by atoms with Gasteiger partial charge in [0.2, 0.25) is 16.6 Å². The van der Waals surface area contributed by atoms with Gasteiger partial charge < -0.3 is 46.5 Å². The molecule has 1 N–H and O–H groups in total. The van der Waals surface area contributed by atoms with Crippen LogP contribution in [0, 0.1) is 29.6 Å². The fourth-order valence-corrected chi connectivity index (χ4v) is 39.1. The molecule has 13 atom stereocenters. The van der Waals surface area contributed by atoms with Crippen LogP contribution < -0.4 is 0 Å². The van der Waals surface area contributed by atoms with Crippen molar-refractivity contribution >= 4 is 33.3 Å². The summed E-state index contributed by atoms with van der Waals surface area (Å²) < 4.78 is 63.4. The van der Waals surface area contributed by atoms with Gasteiger partial charge in [0.05, 0.1) is 48.8 Å². The van der Waals surface area contributed by atoms with E-state index >= 15 is 0 Å². The first-order valence-corrected chi connectivity index (χ1v) is 48.8. The van der Waals surface area contributed by atoms with E-state index < -0.39 is 39.4 Å². The minimum atomic E-state index is -2.51. The van der Waals surface area contributed by atoms with Crippen LogP contribution in [-0.4, -0.2) is 129 Å². The van der Waals surface area contributed by atoms with Crippen molar-refractivity contribution in [1.29, 1.82) is 0 Å². The summed E-state index contributed by atoms with van der Waals surface area (Å²) in [5.74, 6) is 0.533. The maximum absolute atomic E-state index is 13.2. The Labute approximate surface area is 589 Å². The highest BCUT2D eigenvalue weighted by atomic mass is 28.4. The molecule has 1 fully saturated rings. The third kappa shape index (κ3) is 28.1. The SMILES string of the molecule is C=CC[C@H](/C=C(\C)C[C@H](C)C[C@H](OC)[C@@H](O[Si](CCCC)(CCCC)CCCC)[C@H](C[C@@H](C)C(OC)OC)OC)[C@@H](C[C@H](O[Si](C(C)C)(C(C)C)C(C)C)[C@@H](C)[C@H](O)/C(C)=C/[C@@H]1CC[C@@H](O[Si](C(C)C)(C(C)C)C(C)C)[C@H](OC)C1)O[Si](CCCC)(CCCC)CCCC. The number of methoxy groups -OCH3 is 5. The van der Waals surface area contributed by atoms with Crippen molar-refractivity contribution in [2.24, 2.45) is 29.6 Å². The van der Waals surface area contributed by atoms with Crippen molar-refractivity contribution in [3.63, 3.8) is 0 Å². The Morgan fingerprint density at radius 1 is 0.500 bits per heavy atom. The molecule has 0 aromatic rings. The van der Waals surface area contributed by atoms with E-state index in [1.165, 1.54) is 80.4 Å². The van der Waals surface area contributed by atoms with Crippen molar-refractivity contribution in [3.05, 3.63) is 36.0 Å². The van der Waals surface area contributed by atoms with E-state index in [1.54, 1.807) is 14.2 Å². The second kappa shape index (κ2) is 47.8. The van der Waals surface area contributed by atoms with Crippen molar-refractivity contribution in [2.45, 2.75) is 412 Å². The number of ether oxygens (including phenoxy) is 5. The van der Waals surface area contributed by atoms with E-state index in [1.807, 2.05) is 21.3 Å². The molecule has 0 bridgehead atoms. The fraction of sp³-hybridized carbons (Fsp3) is 0.925. The van der Waals surface area contributed by atoms with Crippen LogP contribution in [0.25, 0.3) is 0 Å². The molecule has 10 nitrogen and oxygen atoms in total. The second-order valence-electron chi connectivity index (χ2n) is 32.3. The number of unbranched alkanes of at least 4 members (excludes halogenated alkanes) is 6. The monoisotopic (exact) mass is 1400 g/mol. The molecule has 0 spiro atoms. The van der Waals surface area contributed by atoms with Gasteiger partial charge in [0, 0.05) is 53.3 Å². The van der Waals surface area contributed by atoms with Gasteiger partial charge in [-0.05, 0) is 152 Å². The maximum atomic E-state index is 13.2. The molecule has 1 aliphatic rings. The highest BCUT2D eigenvalue weighted by Crippen LogP contribution is 2.48. The fourth-order valence-electron chi connectivity index (χ4n) is 17.9. The minimum Gasteiger partial charge on any atom is -0.413 e. The summed E-state index contributed by atoms with van der Waals surface area (Å²) in [7, 11) is -0.0812. The van der Waals surface area contributed by atoms with E-state index in [9.17, 15) is 5.11 Å². The molecule has 0 radical (unpaired) electrons. The Kier molecular flexibility index (Phi) is 46.6. The third-order valence-electron chi connectivity index (χ3n) is 23.0. The Morgan fingerprint density at radius 3 is 1.31 bits per heavy atom. The lowest BCUT2D eigenvalue weighted by Gasteiger charge is -2.48. The molecule has 0 saturated heterocycles. The summed E-state index contributed by atoms with van der Waals surface area (Å²) in [4.78, 5) is 0. The molecule has 14 heteroatoms. The summed E-state index contributed by atoms with van der Waals surface area (Å²) >= 11 is 0. The first-order valence-electron chi connectivity index (χ1n) is 39.4. The Balaban J connectivity index is 4.36. The topological polar surface area (TPSA) is 103 Å². The summed E-state index contributed by atoms with van der Waals surface area (Å²) in [6.45, 7) is 58.8. The summed E-state index contributed by atoms with van der Waals surface area (Å²) in [6, 6.07) is 7.06. The molecule has 94 heavy (non-hydrogen) atoms. The van der Waals surface area contributed by atoms with Gasteiger partial charge in [-0.1, -0.05) is 246 Å². The third-order valence-corrected chi connectivity index (χ3v) is 44.4. The van der Waals surface area contributed by atoms with E-state index in [2.05, 4.69) is 184 Å². The number of allylic oxidation sites excluding steroid dienone is 3. The lowest BCUT2D eigenvalue weighted by Crippen LogP contribution is -2.54. The molecule has 0 heterocycles. The zero-order valence-electron chi connectivity index (χ0n) is 67.5. The number of hydrogen-bond donors (Lipinski definition) is 1. The maximum Gasteiger partial charge on any atom is 0.200 e. The standard InChI is InChI=1S/C80H162O10Si4/c1-30-37-46-91(47-38-31-2,48-39-32-3)87-74(58-73(89-94(62(14)15,63(16)17)64(18)19)69(24)78(81)67(22)55-70-44-45-72(75(57-70)82-25)88-93(59(8)9,60(10)11)61(12)13)71(43-36-7)53-65(20)52-66(21)54-76(83-26)79(77(84-27)56-68(23)80(85-28)86-29)90-92(49-40-33-4,50-41-34-5)51-42-35-6/h36,53,55,59-64,66,68-81H,7,30-35,37-52,54,56-58H2,1-6,8-29H3/b65-53+,67-55+/t66-,68+,69+,70-,71+,72+,73-,74+,75+,76-,77-,78+,79+/m0/s1. The average molecular weight is 1400 g/mol. The zero-order valence-corrected chi connectivity index (χ0v) is 71.5. The Hall–Kier alpha value is -0.312. The van der Waals surface area contributed by atoms with E-state index in [-0.39, 0.29) is 78.6 Å². The van der Waals surface area contributed by atoms with Gasteiger partial charge in [0.15, 0.2) is 22.9 Å². The smallest absolute Gasteiger partial charge is 0.200 e. The van der Waals surface area contributed by atoms with Crippen LogP contribution in [0.2, 0.25) is 69.5 Å². The van der Waals surface area contributed by atoms with Crippen molar-refractivity contribution < 1.29 is 46.5 Å². The van der Waals surface area contributed by atoms with E-state index in [4.69, 9.17) is 41.4 Å². The quantitative estimate of drug-likeness (QED) is 0.0360. The van der Waals surface area contributed by atoms with Crippen LogP contribution in [0.1, 0.15) is 288 Å². The molecule has 1 aliphatic carbocycles. The lowest BCUT2D eigenvalue weighted by atomic mass is 9.81. The van der Waals surface area contributed by atoms with Crippen LogP contribution in [0.15, 0.2) is 36.0 Å². The van der Waals surface area contributed by atoms with Crippen molar-refractivity contribution in [1.82, 2.24) is 0 Å². The van der Waals surface area contributed by atoms with Crippen LogP contribution in [0.5, 0.6) is 0 Å². The first kappa shape index (κ1) is 91.7. The largest absolute Gasteiger partial charge is 0.413 e. The van der Waals surface area contributed by atoms with Crippen molar-refractivity contribution in [3.8, 4) is 0 Å². The van der Waals surface area contributed by atoms with E-state index in [0.717, 1.165) is 95.5 Å². The number of aliphatic hydroxyl groups excluding tert-OH is 1. The Bertz CT molecular complexity index is 1910. The minimum absolute atomic E-state index is 0.0102. The number of aliphatic hydroxyl groups is 1. The van der Waals surface area contributed by atoms with Gasteiger partial charge in [-0.2, -0.15) is 0 Å². The average Bonchev–Trinajstić information content (AvgIpc) is 0.798. The van der Waals surface area contributed by atoms with Crippen LogP contribution >= 0.6 is 0 Å². The summed E-state index contributed by atoms with van der Waals surface area (Å²) in [5, 5.41) is 13.2. The first-order chi connectivity index (χ1) is 44.4. The predicted molar refractivity (Wildman–Crippen MR) is 417 cm³/mol. The second-order valence-corrected chi connectivity index (χ2v) is 51.3. The molecule has 558 valence electrons.